The van der Waals surface area contributed by atoms with E-state index in [-0.39, 0.29) is 0 Å². The van der Waals surface area contributed by atoms with Crippen LogP contribution in [-0.4, -0.2) is 11.7 Å². The highest BCUT2D eigenvalue weighted by atomic mass is 15.4. The van der Waals surface area contributed by atoms with Crippen LogP contribution in [0.5, 0.6) is 0 Å². The highest BCUT2D eigenvalue weighted by molar-refractivity contribution is 6.06. The zero-order valence-corrected chi connectivity index (χ0v) is 17.9. The van der Waals surface area contributed by atoms with E-state index < -0.39 is 0 Å². The third-order valence-corrected chi connectivity index (χ3v) is 5.84. The maximum Gasteiger partial charge on any atom is 0.134 e. The molecule has 0 radical (unpaired) electrons. The zero-order chi connectivity index (χ0) is 21.2. The van der Waals surface area contributed by atoms with Gasteiger partial charge in [0.15, 0.2) is 0 Å². The number of pyridine rings is 1. The Morgan fingerprint density at radius 2 is 1.13 bits per heavy atom. The predicted molar refractivity (Wildman–Crippen MR) is 130 cm³/mol. The molecular weight excluding hydrogens is 378 g/mol. The molecule has 2 heterocycles. The summed E-state index contributed by atoms with van der Waals surface area (Å²) >= 11 is 0. The summed E-state index contributed by atoms with van der Waals surface area (Å²) in [5.41, 5.74) is 8.55. The molecule has 3 heteroatoms. The minimum absolute atomic E-state index is 0.703. The Kier molecular flexibility index (Phi) is 5.01. The summed E-state index contributed by atoms with van der Waals surface area (Å²) in [7, 11) is 0. The Labute approximate surface area is 183 Å². The third-order valence-electron chi connectivity index (χ3n) is 5.84. The average Bonchev–Trinajstić information content (AvgIpc) is 3.21. The molecule has 0 fully saturated rings. The second kappa shape index (κ2) is 8.11. The molecule has 152 valence electrons. The molecule has 31 heavy (non-hydrogen) atoms. The lowest BCUT2D eigenvalue weighted by Crippen LogP contribution is -2.27. The standard InChI is InChI=1S/C28H25N3/c1-21-12-6-8-16-24(21)27-28(25-17-9-7-13-22(25)2)31(26-18-10-11-19-29-26)20-30(27)23-14-4-3-5-15-23/h3-19H,20H2,1-2H3. The van der Waals surface area contributed by atoms with Gasteiger partial charge in [0, 0.05) is 23.0 Å². The maximum absolute atomic E-state index is 4.71. The van der Waals surface area contributed by atoms with E-state index in [0.29, 0.717) is 6.67 Å². The first-order valence-electron chi connectivity index (χ1n) is 10.6. The number of hydrogen-bond acceptors (Lipinski definition) is 3. The summed E-state index contributed by atoms with van der Waals surface area (Å²) in [6.45, 7) is 5.07. The van der Waals surface area contributed by atoms with E-state index in [2.05, 4.69) is 115 Å². The second-order valence-corrected chi connectivity index (χ2v) is 7.85. The van der Waals surface area contributed by atoms with Crippen LogP contribution in [0, 0.1) is 13.8 Å². The number of aryl methyl sites for hydroxylation is 2. The summed E-state index contributed by atoms with van der Waals surface area (Å²) in [6.07, 6.45) is 1.86. The van der Waals surface area contributed by atoms with Crippen molar-refractivity contribution in [3.63, 3.8) is 0 Å². The summed E-state index contributed by atoms with van der Waals surface area (Å²) < 4.78 is 0. The topological polar surface area (TPSA) is 19.4 Å². The smallest absolute Gasteiger partial charge is 0.134 e. The Morgan fingerprint density at radius 3 is 1.71 bits per heavy atom. The van der Waals surface area contributed by atoms with Gasteiger partial charge in [0.25, 0.3) is 0 Å². The quantitative estimate of drug-likeness (QED) is 0.387. The van der Waals surface area contributed by atoms with E-state index in [0.717, 1.165) is 5.82 Å². The first-order valence-corrected chi connectivity index (χ1v) is 10.6. The number of para-hydroxylation sites is 1. The minimum Gasteiger partial charge on any atom is -0.320 e. The first kappa shape index (κ1) is 19.1. The van der Waals surface area contributed by atoms with Crippen LogP contribution in [0.4, 0.5) is 11.5 Å². The van der Waals surface area contributed by atoms with Gasteiger partial charge in [0.05, 0.1) is 11.4 Å². The van der Waals surface area contributed by atoms with Crippen molar-refractivity contribution >= 4 is 22.9 Å². The normalized spacial score (nSPS) is 13.7. The first-order chi connectivity index (χ1) is 15.2. The molecule has 3 nitrogen and oxygen atoms in total. The Balaban J connectivity index is 1.83. The molecule has 0 saturated carbocycles. The molecule has 0 N–H and O–H groups in total. The molecule has 3 aromatic carbocycles. The molecule has 0 aliphatic carbocycles. The van der Waals surface area contributed by atoms with Crippen LogP contribution in [0.15, 0.2) is 103 Å². The highest BCUT2D eigenvalue weighted by Crippen LogP contribution is 2.43. The minimum atomic E-state index is 0.703. The van der Waals surface area contributed by atoms with Crippen molar-refractivity contribution in [2.24, 2.45) is 0 Å². The average molecular weight is 404 g/mol. The number of aromatic nitrogens is 1. The lowest BCUT2D eigenvalue weighted by molar-refractivity contribution is 0.963. The molecule has 0 saturated heterocycles. The summed E-state index contributed by atoms with van der Waals surface area (Å²) in [5, 5.41) is 0. The van der Waals surface area contributed by atoms with Gasteiger partial charge in [-0.3, -0.25) is 0 Å². The molecule has 1 aliphatic heterocycles. The van der Waals surface area contributed by atoms with E-state index in [1.807, 2.05) is 12.3 Å². The monoisotopic (exact) mass is 403 g/mol. The molecular formula is C28H25N3. The van der Waals surface area contributed by atoms with Crippen molar-refractivity contribution in [1.29, 1.82) is 0 Å². The van der Waals surface area contributed by atoms with Gasteiger partial charge in [-0.25, -0.2) is 4.98 Å². The van der Waals surface area contributed by atoms with Crippen LogP contribution in [-0.2, 0) is 0 Å². The molecule has 0 unspecified atom stereocenters. The van der Waals surface area contributed by atoms with Crippen LogP contribution >= 0.6 is 0 Å². The van der Waals surface area contributed by atoms with Crippen molar-refractivity contribution in [2.45, 2.75) is 13.8 Å². The predicted octanol–water partition coefficient (Wildman–Crippen LogP) is 6.51. The summed E-state index contributed by atoms with van der Waals surface area (Å²) in [5.74, 6) is 0.949. The van der Waals surface area contributed by atoms with Gasteiger partial charge in [-0.2, -0.15) is 0 Å². The SMILES string of the molecule is Cc1ccccc1C1=C(c2ccccc2C)N(c2ccccn2)CN1c1ccccc1. The van der Waals surface area contributed by atoms with Crippen molar-refractivity contribution in [1.82, 2.24) is 4.98 Å². The van der Waals surface area contributed by atoms with Gasteiger partial charge in [0.2, 0.25) is 0 Å². The highest BCUT2D eigenvalue weighted by Gasteiger charge is 2.34. The van der Waals surface area contributed by atoms with Gasteiger partial charge in [0.1, 0.15) is 12.5 Å². The van der Waals surface area contributed by atoms with Crippen LogP contribution in [0.1, 0.15) is 22.3 Å². The fourth-order valence-corrected chi connectivity index (χ4v) is 4.28. The third kappa shape index (κ3) is 3.49. The Bertz CT molecular complexity index is 1130. The number of benzene rings is 3. The van der Waals surface area contributed by atoms with Crippen molar-refractivity contribution < 1.29 is 0 Å². The molecule has 5 rings (SSSR count). The van der Waals surface area contributed by atoms with Gasteiger partial charge < -0.3 is 9.80 Å². The Hall–Kier alpha value is -3.85. The van der Waals surface area contributed by atoms with Crippen molar-refractivity contribution in [3.05, 3.63) is 126 Å². The van der Waals surface area contributed by atoms with Crippen LogP contribution in [0.3, 0.4) is 0 Å². The molecule has 4 aromatic rings. The van der Waals surface area contributed by atoms with E-state index >= 15 is 0 Å². The van der Waals surface area contributed by atoms with Gasteiger partial charge in [-0.05, 0) is 49.2 Å². The number of rotatable bonds is 4. The fraction of sp³-hybridized carbons (Fsp3) is 0.107. The van der Waals surface area contributed by atoms with Crippen molar-refractivity contribution in [2.75, 3.05) is 16.5 Å². The summed E-state index contributed by atoms with van der Waals surface area (Å²) in [4.78, 5) is 9.44. The van der Waals surface area contributed by atoms with Crippen LogP contribution in [0.2, 0.25) is 0 Å². The fourth-order valence-electron chi connectivity index (χ4n) is 4.28. The van der Waals surface area contributed by atoms with Gasteiger partial charge in [-0.1, -0.05) is 72.8 Å². The molecule has 0 bridgehead atoms. The molecule has 0 atom stereocenters. The van der Waals surface area contributed by atoms with Gasteiger partial charge in [-0.15, -0.1) is 0 Å². The largest absolute Gasteiger partial charge is 0.320 e. The van der Waals surface area contributed by atoms with Crippen molar-refractivity contribution in [3.8, 4) is 0 Å². The zero-order valence-electron chi connectivity index (χ0n) is 17.9. The molecule has 0 spiro atoms. The number of anilines is 2. The second-order valence-electron chi connectivity index (χ2n) is 7.85. The molecule has 0 amide bonds. The van der Waals surface area contributed by atoms with E-state index in [9.17, 15) is 0 Å². The lowest BCUT2D eigenvalue weighted by atomic mass is 9.98. The van der Waals surface area contributed by atoms with E-state index in [1.54, 1.807) is 0 Å². The van der Waals surface area contributed by atoms with E-state index in [4.69, 9.17) is 4.98 Å². The molecule has 1 aromatic heterocycles. The van der Waals surface area contributed by atoms with Gasteiger partial charge >= 0.3 is 0 Å². The lowest BCUT2D eigenvalue weighted by Gasteiger charge is -2.24. The van der Waals surface area contributed by atoms with Crippen LogP contribution in [0.25, 0.3) is 11.4 Å². The summed E-state index contributed by atoms with van der Waals surface area (Å²) in [6, 6.07) is 34.0. The maximum atomic E-state index is 4.71. The van der Waals surface area contributed by atoms with Crippen LogP contribution < -0.4 is 9.80 Å². The number of nitrogens with zero attached hydrogens (tertiary/aromatic N) is 3. The molecule has 1 aliphatic rings. The number of hydrogen-bond donors (Lipinski definition) is 0. The van der Waals surface area contributed by atoms with E-state index in [1.165, 1.54) is 39.3 Å². The Morgan fingerprint density at radius 1 is 0.581 bits per heavy atom.